The zero-order valence-electron chi connectivity index (χ0n) is 15.2. The molecule has 0 saturated carbocycles. The van der Waals surface area contributed by atoms with Crippen LogP contribution in [0.3, 0.4) is 0 Å². The second-order valence-corrected chi connectivity index (χ2v) is 7.87. The van der Waals surface area contributed by atoms with Gasteiger partial charge in [0.05, 0.1) is 26.2 Å². The van der Waals surface area contributed by atoms with Gasteiger partial charge in [0.15, 0.2) is 6.10 Å². The van der Waals surface area contributed by atoms with Crippen LogP contribution in [-0.2, 0) is 7.05 Å². The number of benzene rings is 1. The molecule has 0 aliphatic carbocycles. The Balaban J connectivity index is 2.03. The summed E-state index contributed by atoms with van der Waals surface area (Å²) < 4.78 is 9.00. The molecule has 1 N–H and O–H groups in total. The first-order valence-electron chi connectivity index (χ1n) is 8.53. The molecule has 1 atom stereocenters. The maximum Gasteiger partial charge on any atom is 0.352 e. The van der Waals surface area contributed by atoms with E-state index in [1.807, 2.05) is 13.1 Å². The Morgan fingerprint density at radius 3 is 2.58 bits per heavy atom. The summed E-state index contributed by atoms with van der Waals surface area (Å²) in [5.41, 5.74) is 2.42. The van der Waals surface area contributed by atoms with Gasteiger partial charge in [-0.2, -0.15) is 0 Å². The highest BCUT2D eigenvalue weighted by molar-refractivity contribution is 5.96. The molecule has 0 amide bonds. The molecule has 1 saturated heterocycles. The quantitative estimate of drug-likeness (QED) is 0.875. The zero-order valence-corrected chi connectivity index (χ0v) is 15.2. The van der Waals surface area contributed by atoms with Crippen LogP contribution in [0.2, 0.25) is 0 Å². The minimum atomic E-state index is -0.902. The van der Waals surface area contributed by atoms with Crippen LogP contribution in [0.5, 0.6) is 5.75 Å². The third kappa shape index (κ3) is 3.00. The standard InChI is InChI=1S/C19H26N2O3/c1-12(2)16-10-15(24-14-6-7-21(4,5)11-14)8-13-9-17(19(22)23)20(3)18(13)16/h8-10,12,14H,6-7,11H2,1-5H3/p+1. The second kappa shape index (κ2) is 5.81. The lowest BCUT2D eigenvalue weighted by Crippen LogP contribution is -2.38. The van der Waals surface area contributed by atoms with E-state index in [4.69, 9.17) is 4.74 Å². The maximum atomic E-state index is 11.5. The van der Waals surface area contributed by atoms with E-state index in [-0.39, 0.29) is 6.10 Å². The molecule has 1 fully saturated rings. The van der Waals surface area contributed by atoms with Crippen molar-refractivity contribution in [3.63, 3.8) is 0 Å². The number of likely N-dealkylation sites (N-methyl/N-ethyl adjacent to an activating group) is 1. The summed E-state index contributed by atoms with van der Waals surface area (Å²) in [5.74, 6) is 0.239. The summed E-state index contributed by atoms with van der Waals surface area (Å²) in [5, 5.41) is 10.3. The van der Waals surface area contributed by atoms with Crippen molar-refractivity contribution in [1.82, 2.24) is 4.57 Å². The number of nitrogens with zero attached hydrogens (tertiary/aromatic N) is 2. The van der Waals surface area contributed by atoms with E-state index in [1.165, 1.54) is 0 Å². The van der Waals surface area contributed by atoms with E-state index in [1.54, 1.807) is 10.6 Å². The average molecular weight is 331 g/mol. The molecule has 1 aliphatic heterocycles. The topological polar surface area (TPSA) is 51.5 Å². The van der Waals surface area contributed by atoms with E-state index in [0.29, 0.717) is 11.6 Å². The van der Waals surface area contributed by atoms with Crippen molar-refractivity contribution in [2.45, 2.75) is 32.3 Å². The van der Waals surface area contributed by atoms with Crippen LogP contribution in [0.25, 0.3) is 10.9 Å². The zero-order chi connectivity index (χ0) is 17.6. The molecule has 3 rings (SSSR count). The van der Waals surface area contributed by atoms with E-state index >= 15 is 0 Å². The molecule has 5 nitrogen and oxygen atoms in total. The van der Waals surface area contributed by atoms with E-state index in [2.05, 4.69) is 34.0 Å². The molecular formula is C19H27N2O3+. The number of carboxylic acid groups (broad SMARTS) is 1. The van der Waals surface area contributed by atoms with Crippen molar-refractivity contribution in [2.24, 2.45) is 7.05 Å². The Hall–Kier alpha value is -2.01. The van der Waals surface area contributed by atoms with Gasteiger partial charge in [-0.25, -0.2) is 4.79 Å². The summed E-state index contributed by atoms with van der Waals surface area (Å²) in [4.78, 5) is 11.5. The first kappa shape index (κ1) is 16.8. The third-order valence-electron chi connectivity index (χ3n) is 5.03. The summed E-state index contributed by atoms with van der Waals surface area (Å²) in [7, 11) is 6.26. The van der Waals surface area contributed by atoms with Crippen LogP contribution < -0.4 is 4.74 Å². The minimum absolute atomic E-state index is 0.222. The third-order valence-corrected chi connectivity index (χ3v) is 5.03. The largest absolute Gasteiger partial charge is 0.484 e. The van der Waals surface area contributed by atoms with Gasteiger partial charge in [-0.15, -0.1) is 0 Å². The number of aryl methyl sites for hydroxylation is 1. The van der Waals surface area contributed by atoms with Crippen molar-refractivity contribution >= 4 is 16.9 Å². The van der Waals surface area contributed by atoms with Gasteiger partial charge in [0.1, 0.15) is 18.0 Å². The molecular weight excluding hydrogens is 304 g/mol. The predicted octanol–water partition coefficient (Wildman–Crippen LogP) is 3.23. The Morgan fingerprint density at radius 2 is 2.04 bits per heavy atom. The normalized spacial score (nSPS) is 20.0. The number of carbonyl (C=O) groups is 1. The van der Waals surface area contributed by atoms with Crippen LogP contribution in [-0.4, -0.2) is 53.4 Å². The van der Waals surface area contributed by atoms with Gasteiger partial charge in [-0.3, -0.25) is 0 Å². The molecule has 2 heterocycles. The predicted molar refractivity (Wildman–Crippen MR) is 94.8 cm³/mol. The number of rotatable bonds is 4. The number of ether oxygens (including phenoxy) is 1. The lowest BCUT2D eigenvalue weighted by atomic mass is 10.00. The fourth-order valence-electron chi connectivity index (χ4n) is 3.74. The fourth-order valence-corrected chi connectivity index (χ4v) is 3.74. The highest BCUT2D eigenvalue weighted by Gasteiger charge is 2.32. The number of hydrogen-bond acceptors (Lipinski definition) is 2. The lowest BCUT2D eigenvalue weighted by molar-refractivity contribution is -0.879. The summed E-state index contributed by atoms with van der Waals surface area (Å²) in [6.45, 7) is 6.38. The van der Waals surface area contributed by atoms with Gasteiger partial charge in [-0.05, 0) is 29.7 Å². The van der Waals surface area contributed by atoms with Crippen molar-refractivity contribution < 1.29 is 19.1 Å². The second-order valence-electron chi connectivity index (χ2n) is 7.87. The van der Waals surface area contributed by atoms with Crippen molar-refractivity contribution in [3.05, 3.63) is 29.5 Å². The fraction of sp³-hybridized carbons (Fsp3) is 0.526. The SMILES string of the molecule is CC(C)c1cc(OC2CC[N+](C)(C)C2)cc2cc(C(=O)O)n(C)c12. The van der Waals surface area contributed by atoms with Crippen LogP contribution in [0.1, 0.15) is 42.2 Å². The molecule has 24 heavy (non-hydrogen) atoms. The molecule has 1 aliphatic rings. The van der Waals surface area contributed by atoms with Gasteiger partial charge in [-0.1, -0.05) is 13.8 Å². The molecule has 0 spiro atoms. The summed E-state index contributed by atoms with van der Waals surface area (Å²) in [6.07, 6.45) is 1.28. The minimum Gasteiger partial charge on any atom is -0.484 e. The first-order chi connectivity index (χ1) is 11.2. The van der Waals surface area contributed by atoms with Gasteiger partial charge in [0.2, 0.25) is 0 Å². The summed E-state index contributed by atoms with van der Waals surface area (Å²) >= 11 is 0. The van der Waals surface area contributed by atoms with Crippen LogP contribution in [0.4, 0.5) is 0 Å². The summed E-state index contributed by atoms with van der Waals surface area (Å²) in [6, 6.07) is 5.80. The van der Waals surface area contributed by atoms with E-state index in [9.17, 15) is 9.90 Å². The van der Waals surface area contributed by atoms with Gasteiger partial charge >= 0.3 is 5.97 Å². The van der Waals surface area contributed by atoms with Crippen LogP contribution in [0.15, 0.2) is 18.2 Å². The lowest BCUT2D eigenvalue weighted by Gasteiger charge is -2.23. The smallest absolute Gasteiger partial charge is 0.352 e. The highest BCUT2D eigenvalue weighted by Crippen LogP contribution is 2.33. The molecule has 1 unspecified atom stereocenters. The van der Waals surface area contributed by atoms with Crippen molar-refractivity contribution in [1.29, 1.82) is 0 Å². The Bertz CT molecular complexity index is 789. The van der Waals surface area contributed by atoms with Gasteiger partial charge in [0, 0.05) is 18.9 Å². The van der Waals surface area contributed by atoms with Crippen LogP contribution in [0, 0.1) is 0 Å². The molecule has 0 radical (unpaired) electrons. The van der Waals surface area contributed by atoms with E-state index in [0.717, 1.165) is 46.2 Å². The average Bonchev–Trinajstić information content (AvgIpc) is 2.98. The van der Waals surface area contributed by atoms with Gasteiger partial charge in [0.25, 0.3) is 0 Å². The molecule has 1 aromatic carbocycles. The number of aromatic nitrogens is 1. The monoisotopic (exact) mass is 331 g/mol. The molecule has 1 aromatic heterocycles. The molecule has 5 heteroatoms. The highest BCUT2D eigenvalue weighted by atomic mass is 16.5. The Labute approximate surface area is 143 Å². The maximum absolute atomic E-state index is 11.5. The van der Waals surface area contributed by atoms with Crippen molar-refractivity contribution in [3.8, 4) is 5.75 Å². The first-order valence-corrected chi connectivity index (χ1v) is 8.53. The molecule has 0 bridgehead atoms. The van der Waals surface area contributed by atoms with Crippen LogP contribution >= 0.6 is 0 Å². The molecule has 2 aromatic rings. The number of quaternary nitrogens is 1. The van der Waals surface area contributed by atoms with E-state index < -0.39 is 5.97 Å². The number of carboxylic acids is 1. The Kier molecular flexibility index (Phi) is 4.08. The number of likely N-dealkylation sites (tertiary alicyclic amines) is 1. The number of aromatic carboxylic acids is 1. The van der Waals surface area contributed by atoms with Crippen molar-refractivity contribution in [2.75, 3.05) is 27.2 Å². The Morgan fingerprint density at radius 1 is 1.33 bits per heavy atom. The van der Waals surface area contributed by atoms with Gasteiger partial charge < -0.3 is 18.9 Å². The number of fused-ring (bicyclic) bond motifs is 1. The molecule has 130 valence electrons. The number of hydrogen-bond donors (Lipinski definition) is 1.